The monoisotopic (exact) mass is 301 g/mol. The maximum Gasteiger partial charge on any atom is 0.348 e. The molecule has 0 aliphatic rings. The number of aromatic amines is 1. The SMILES string of the molecule is COC(=O)c1sc2c(=O)[nH]c(-c3ccccn3)nc2c1C. The second-order valence-corrected chi connectivity index (χ2v) is 5.38. The smallest absolute Gasteiger partial charge is 0.348 e. The Balaban J connectivity index is 2.27. The molecular weight excluding hydrogens is 290 g/mol. The van der Waals surface area contributed by atoms with Crippen molar-refractivity contribution in [1.29, 1.82) is 0 Å². The number of hydrogen-bond donors (Lipinski definition) is 1. The first-order valence-electron chi connectivity index (χ1n) is 6.15. The highest BCUT2D eigenvalue weighted by molar-refractivity contribution is 7.20. The average molecular weight is 301 g/mol. The van der Waals surface area contributed by atoms with E-state index in [0.717, 1.165) is 11.3 Å². The number of carbonyl (C=O) groups excluding carboxylic acids is 1. The Kier molecular flexibility index (Phi) is 3.26. The number of ether oxygens (including phenoxy) is 1. The predicted octanol–water partition coefficient (Wildman–Crippen LogP) is 2.14. The number of esters is 1. The summed E-state index contributed by atoms with van der Waals surface area (Å²) in [5.41, 5.74) is 1.43. The Morgan fingerprint density at radius 2 is 2.19 bits per heavy atom. The van der Waals surface area contributed by atoms with Crippen molar-refractivity contribution in [1.82, 2.24) is 15.0 Å². The van der Waals surface area contributed by atoms with E-state index < -0.39 is 5.97 Å². The number of nitrogens with zero attached hydrogens (tertiary/aromatic N) is 2. The van der Waals surface area contributed by atoms with Crippen LogP contribution in [0.25, 0.3) is 21.7 Å². The molecule has 1 N–H and O–H groups in total. The van der Waals surface area contributed by atoms with Gasteiger partial charge in [0.15, 0.2) is 5.82 Å². The second kappa shape index (κ2) is 5.10. The van der Waals surface area contributed by atoms with Crippen LogP contribution in [0.2, 0.25) is 0 Å². The van der Waals surface area contributed by atoms with Gasteiger partial charge in [0.05, 0.1) is 12.6 Å². The number of aryl methyl sites for hydroxylation is 1. The Labute approximate surface area is 123 Å². The third-order valence-corrected chi connectivity index (χ3v) is 4.31. The van der Waals surface area contributed by atoms with Crippen LogP contribution in [0.3, 0.4) is 0 Å². The zero-order valence-corrected chi connectivity index (χ0v) is 12.2. The summed E-state index contributed by atoms with van der Waals surface area (Å²) in [5, 5.41) is 0. The first-order chi connectivity index (χ1) is 10.1. The lowest BCUT2D eigenvalue weighted by atomic mass is 10.2. The number of hydrogen-bond acceptors (Lipinski definition) is 6. The van der Waals surface area contributed by atoms with E-state index in [-0.39, 0.29) is 5.56 Å². The highest BCUT2D eigenvalue weighted by atomic mass is 32.1. The topological polar surface area (TPSA) is 84.9 Å². The van der Waals surface area contributed by atoms with Crippen molar-refractivity contribution in [3.63, 3.8) is 0 Å². The van der Waals surface area contributed by atoms with Crippen LogP contribution in [-0.2, 0) is 4.74 Å². The molecule has 0 atom stereocenters. The molecule has 6 nitrogen and oxygen atoms in total. The van der Waals surface area contributed by atoms with Crippen LogP contribution in [0, 0.1) is 6.92 Å². The van der Waals surface area contributed by atoms with E-state index in [1.807, 2.05) is 6.07 Å². The van der Waals surface area contributed by atoms with E-state index >= 15 is 0 Å². The van der Waals surface area contributed by atoms with Crippen molar-refractivity contribution in [2.24, 2.45) is 0 Å². The van der Waals surface area contributed by atoms with Gasteiger partial charge in [-0.1, -0.05) is 6.07 Å². The molecule has 106 valence electrons. The van der Waals surface area contributed by atoms with Gasteiger partial charge in [-0.15, -0.1) is 11.3 Å². The van der Waals surface area contributed by atoms with Crippen LogP contribution in [0.5, 0.6) is 0 Å². The van der Waals surface area contributed by atoms with Crippen LogP contribution < -0.4 is 5.56 Å². The van der Waals surface area contributed by atoms with Crippen LogP contribution in [0.4, 0.5) is 0 Å². The summed E-state index contributed by atoms with van der Waals surface area (Å²) >= 11 is 1.09. The average Bonchev–Trinajstić information content (AvgIpc) is 2.85. The molecule has 0 saturated carbocycles. The number of fused-ring (bicyclic) bond motifs is 1. The molecule has 0 saturated heterocycles. The summed E-state index contributed by atoms with van der Waals surface area (Å²) in [5.74, 6) is -0.0836. The number of thiophene rings is 1. The number of pyridine rings is 1. The second-order valence-electron chi connectivity index (χ2n) is 4.36. The lowest BCUT2D eigenvalue weighted by Gasteiger charge is -2.00. The van der Waals surface area contributed by atoms with E-state index in [9.17, 15) is 9.59 Å². The molecular formula is C14H11N3O3S. The van der Waals surface area contributed by atoms with Crippen molar-refractivity contribution < 1.29 is 9.53 Å². The van der Waals surface area contributed by atoms with E-state index in [1.165, 1.54) is 7.11 Å². The minimum atomic E-state index is -0.464. The van der Waals surface area contributed by atoms with Gasteiger partial charge in [-0.05, 0) is 19.1 Å². The van der Waals surface area contributed by atoms with Gasteiger partial charge in [0.1, 0.15) is 15.3 Å². The summed E-state index contributed by atoms with van der Waals surface area (Å²) in [7, 11) is 1.31. The maximum atomic E-state index is 12.2. The summed E-state index contributed by atoms with van der Waals surface area (Å²) in [6.45, 7) is 1.75. The Hall–Kier alpha value is -2.54. The molecule has 0 unspecified atom stereocenters. The summed E-state index contributed by atoms with van der Waals surface area (Å²) in [6.07, 6.45) is 1.62. The molecule has 3 aromatic rings. The van der Waals surface area contributed by atoms with E-state index in [2.05, 4.69) is 15.0 Å². The highest BCUT2D eigenvalue weighted by Gasteiger charge is 2.19. The molecule has 7 heteroatoms. The van der Waals surface area contributed by atoms with Crippen LogP contribution in [0.1, 0.15) is 15.2 Å². The van der Waals surface area contributed by atoms with E-state index in [1.54, 1.807) is 25.3 Å². The van der Waals surface area contributed by atoms with Gasteiger partial charge in [-0.3, -0.25) is 9.78 Å². The zero-order valence-electron chi connectivity index (χ0n) is 11.3. The lowest BCUT2D eigenvalue weighted by Crippen LogP contribution is -2.08. The Morgan fingerprint density at radius 3 is 2.86 bits per heavy atom. The quantitative estimate of drug-likeness (QED) is 0.733. The highest BCUT2D eigenvalue weighted by Crippen LogP contribution is 2.28. The molecule has 21 heavy (non-hydrogen) atoms. The normalized spacial score (nSPS) is 10.8. The number of H-pyrrole nitrogens is 1. The number of carbonyl (C=O) groups is 1. The molecule has 3 rings (SSSR count). The van der Waals surface area contributed by atoms with Gasteiger partial charge in [0.25, 0.3) is 5.56 Å². The minimum absolute atomic E-state index is 0.288. The molecule has 0 radical (unpaired) electrons. The lowest BCUT2D eigenvalue weighted by molar-refractivity contribution is 0.0605. The third-order valence-electron chi connectivity index (χ3n) is 3.06. The zero-order chi connectivity index (χ0) is 15.0. The van der Waals surface area contributed by atoms with Gasteiger partial charge in [-0.25, -0.2) is 9.78 Å². The predicted molar refractivity (Wildman–Crippen MR) is 79.5 cm³/mol. The maximum absolute atomic E-state index is 12.2. The van der Waals surface area contributed by atoms with Crippen LogP contribution in [-0.4, -0.2) is 28.0 Å². The van der Waals surface area contributed by atoms with Gasteiger partial charge in [0.2, 0.25) is 0 Å². The van der Waals surface area contributed by atoms with Gasteiger partial charge in [-0.2, -0.15) is 0 Å². The van der Waals surface area contributed by atoms with Crippen molar-refractivity contribution in [2.75, 3.05) is 7.11 Å². The molecule has 0 spiro atoms. The van der Waals surface area contributed by atoms with Gasteiger partial charge < -0.3 is 9.72 Å². The van der Waals surface area contributed by atoms with Crippen LogP contribution in [0.15, 0.2) is 29.2 Å². The summed E-state index contributed by atoms with van der Waals surface area (Å²) in [4.78, 5) is 35.6. The summed E-state index contributed by atoms with van der Waals surface area (Å²) in [6, 6.07) is 5.35. The third kappa shape index (κ3) is 2.21. The number of methoxy groups -OCH3 is 1. The minimum Gasteiger partial charge on any atom is -0.465 e. The molecule has 0 amide bonds. The molecule has 0 aliphatic heterocycles. The summed E-state index contributed by atoms with van der Waals surface area (Å²) < 4.78 is 5.13. The molecule has 0 aromatic carbocycles. The fourth-order valence-corrected chi connectivity index (χ4v) is 3.07. The van der Waals surface area contributed by atoms with Crippen molar-refractivity contribution in [3.05, 3.63) is 45.2 Å². The number of aromatic nitrogens is 3. The standard InChI is InChI=1S/C14H11N3O3S/c1-7-9-11(21-10(7)14(19)20-2)13(18)17-12(16-9)8-5-3-4-6-15-8/h3-6H,1-2H3,(H,16,17,18). The Bertz CT molecular complexity index is 884. The number of nitrogens with one attached hydrogen (secondary N) is 1. The first-order valence-corrected chi connectivity index (χ1v) is 6.96. The number of rotatable bonds is 2. The molecule has 3 heterocycles. The van der Waals surface area contributed by atoms with Crippen molar-refractivity contribution in [3.8, 4) is 11.5 Å². The Morgan fingerprint density at radius 1 is 1.38 bits per heavy atom. The van der Waals surface area contributed by atoms with Crippen molar-refractivity contribution in [2.45, 2.75) is 6.92 Å². The van der Waals surface area contributed by atoms with E-state index in [4.69, 9.17) is 4.74 Å². The van der Waals surface area contributed by atoms with Gasteiger partial charge >= 0.3 is 5.97 Å². The van der Waals surface area contributed by atoms with Gasteiger partial charge in [0, 0.05) is 11.8 Å². The fraction of sp³-hybridized carbons (Fsp3) is 0.143. The molecule has 0 bridgehead atoms. The van der Waals surface area contributed by atoms with E-state index in [0.29, 0.717) is 32.2 Å². The fourth-order valence-electron chi connectivity index (χ4n) is 2.01. The molecule has 3 aromatic heterocycles. The molecule has 0 fully saturated rings. The largest absolute Gasteiger partial charge is 0.465 e. The van der Waals surface area contributed by atoms with Crippen molar-refractivity contribution >= 4 is 27.5 Å². The first kappa shape index (κ1) is 13.4. The van der Waals surface area contributed by atoms with Crippen LogP contribution >= 0.6 is 11.3 Å². The molecule has 0 aliphatic carbocycles.